The van der Waals surface area contributed by atoms with Gasteiger partial charge in [0, 0.05) is 24.2 Å². The van der Waals surface area contributed by atoms with Gasteiger partial charge < -0.3 is 4.57 Å². The van der Waals surface area contributed by atoms with Crippen molar-refractivity contribution >= 4 is 34.2 Å². The van der Waals surface area contributed by atoms with Gasteiger partial charge in [-0.3, -0.25) is 9.69 Å². The van der Waals surface area contributed by atoms with Crippen LogP contribution in [0, 0.1) is 0 Å². The van der Waals surface area contributed by atoms with Crippen LogP contribution in [0.2, 0.25) is 0 Å². The number of carbonyl (C=O) groups excluding carboxylic acids is 1. The summed E-state index contributed by atoms with van der Waals surface area (Å²) >= 11 is 1.44. The number of imidazole rings is 1. The SMILES string of the molecule is O=C(c1sc(-c2ccccc2)nc1-c1ccccc1)N1CCn2c1nc1ccccc12. The van der Waals surface area contributed by atoms with E-state index >= 15 is 0 Å². The largest absolute Gasteiger partial charge is 0.308 e. The molecule has 3 aromatic carbocycles. The molecule has 31 heavy (non-hydrogen) atoms. The lowest BCUT2D eigenvalue weighted by Crippen LogP contribution is -2.29. The van der Waals surface area contributed by atoms with Crippen molar-refractivity contribution in [1.82, 2.24) is 14.5 Å². The third-order valence-corrected chi connectivity index (χ3v) is 6.65. The highest BCUT2D eigenvalue weighted by Gasteiger charge is 2.32. The summed E-state index contributed by atoms with van der Waals surface area (Å²) in [4.78, 5) is 25.8. The first-order chi connectivity index (χ1) is 15.3. The Kier molecular flexibility index (Phi) is 4.18. The summed E-state index contributed by atoms with van der Waals surface area (Å²) in [6.07, 6.45) is 0. The fourth-order valence-corrected chi connectivity index (χ4v) is 5.11. The number of fused-ring (bicyclic) bond motifs is 3. The third-order valence-electron chi connectivity index (χ3n) is 5.56. The van der Waals surface area contributed by atoms with Crippen molar-refractivity contribution in [3.05, 3.63) is 89.8 Å². The van der Waals surface area contributed by atoms with Crippen LogP contribution in [0.3, 0.4) is 0 Å². The van der Waals surface area contributed by atoms with Gasteiger partial charge in [-0.2, -0.15) is 0 Å². The van der Waals surface area contributed by atoms with Crippen LogP contribution in [0.5, 0.6) is 0 Å². The second-order valence-corrected chi connectivity index (χ2v) is 8.44. The van der Waals surface area contributed by atoms with Gasteiger partial charge in [-0.25, -0.2) is 9.97 Å². The number of aromatic nitrogens is 3. The molecular formula is C25H18N4OS. The minimum absolute atomic E-state index is 0.0485. The molecule has 0 N–H and O–H groups in total. The van der Waals surface area contributed by atoms with E-state index in [1.165, 1.54) is 11.3 Å². The molecule has 3 heterocycles. The van der Waals surface area contributed by atoms with Gasteiger partial charge in [-0.1, -0.05) is 72.8 Å². The quantitative estimate of drug-likeness (QED) is 0.386. The molecule has 0 saturated heterocycles. The van der Waals surface area contributed by atoms with Gasteiger partial charge >= 0.3 is 0 Å². The molecule has 5 nitrogen and oxygen atoms in total. The maximum atomic E-state index is 13.8. The molecule has 0 saturated carbocycles. The second kappa shape index (κ2) is 7.18. The molecule has 2 aromatic heterocycles. The Bertz CT molecular complexity index is 1410. The van der Waals surface area contributed by atoms with E-state index in [-0.39, 0.29) is 5.91 Å². The Morgan fingerprint density at radius 1 is 0.774 bits per heavy atom. The van der Waals surface area contributed by atoms with Crippen molar-refractivity contribution < 1.29 is 4.79 Å². The summed E-state index contributed by atoms with van der Waals surface area (Å²) in [5.74, 6) is 0.660. The van der Waals surface area contributed by atoms with Gasteiger partial charge in [-0.05, 0) is 12.1 Å². The number of carbonyl (C=O) groups is 1. The number of amides is 1. The van der Waals surface area contributed by atoms with Crippen LogP contribution in [0.1, 0.15) is 9.67 Å². The monoisotopic (exact) mass is 422 g/mol. The minimum atomic E-state index is -0.0485. The predicted molar refractivity (Wildman–Crippen MR) is 124 cm³/mol. The van der Waals surface area contributed by atoms with Crippen LogP contribution >= 0.6 is 11.3 Å². The lowest BCUT2D eigenvalue weighted by Gasteiger charge is -2.13. The van der Waals surface area contributed by atoms with Crippen molar-refractivity contribution in [3.63, 3.8) is 0 Å². The van der Waals surface area contributed by atoms with E-state index in [9.17, 15) is 4.79 Å². The topological polar surface area (TPSA) is 51.0 Å². The minimum Gasteiger partial charge on any atom is -0.308 e. The van der Waals surface area contributed by atoms with Crippen molar-refractivity contribution in [2.75, 3.05) is 11.4 Å². The van der Waals surface area contributed by atoms with Crippen molar-refractivity contribution in [2.24, 2.45) is 0 Å². The van der Waals surface area contributed by atoms with Crippen LogP contribution in [-0.2, 0) is 6.54 Å². The third kappa shape index (κ3) is 2.95. The molecule has 1 aliphatic heterocycles. The molecule has 150 valence electrons. The first-order valence-electron chi connectivity index (χ1n) is 10.2. The molecule has 0 fully saturated rings. The van der Waals surface area contributed by atoms with Gasteiger partial charge in [0.1, 0.15) is 9.88 Å². The molecule has 5 aromatic rings. The Labute approximate surface area is 183 Å². The number of hydrogen-bond acceptors (Lipinski definition) is 4. The first kappa shape index (κ1) is 18.0. The Morgan fingerprint density at radius 2 is 1.45 bits per heavy atom. The standard InChI is InChI=1S/C25H18N4OS/c30-24(29-16-15-28-20-14-8-7-13-19(20)26-25(28)29)22-21(17-9-3-1-4-10-17)27-23(31-22)18-11-5-2-6-12-18/h1-14H,15-16H2. The maximum Gasteiger partial charge on any atom is 0.273 e. The van der Waals surface area contributed by atoms with Crippen LogP contribution in [0.15, 0.2) is 84.9 Å². The number of para-hydroxylation sites is 2. The zero-order valence-electron chi connectivity index (χ0n) is 16.6. The predicted octanol–water partition coefficient (Wildman–Crippen LogP) is 5.49. The maximum absolute atomic E-state index is 13.8. The van der Waals surface area contributed by atoms with Crippen LogP contribution < -0.4 is 4.90 Å². The molecule has 6 heteroatoms. The van der Waals surface area contributed by atoms with Crippen molar-refractivity contribution in [3.8, 4) is 21.8 Å². The summed E-state index contributed by atoms with van der Waals surface area (Å²) in [5.41, 5.74) is 4.65. The van der Waals surface area contributed by atoms with Gasteiger partial charge in [-0.15, -0.1) is 11.3 Å². The summed E-state index contributed by atoms with van der Waals surface area (Å²) in [6, 6.07) is 27.9. The number of nitrogens with zero attached hydrogens (tertiary/aromatic N) is 4. The average Bonchev–Trinajstić information content (AvgIpc) is 3.53. The van der Waals surface area contributed by atoms with Gasteiger partial charge in [0.2, 0.25) is 5.95 Å². The van der Waals surface area contributed by atoms with Gasteiger partial charge in [0.25, 0.3) is 5.91 Å². The van der Waals surface area contributed by atoms with Gasteiger partial charge in [0.15, 0.2) is 0 Å². The van der Waals surface area contributed by atoms with Crippen molar-refractivity contribution in [2.45, 2.75) is 6.54 Å². The highest BCUT2D eigenvalue weighted by atomic mass is 32.1. The number of benzene rings is 3. The Hall–Kier alpha value is -3.77. The number of thiazole rings is 1. The molecule has 6 rings (SSSR count). The first-order valence-corrected chi connectivity index (χ1v) is 11.0. The van der Waals surface area contributed by atoms with Crippen LogP contribution in [0.4, 0.5) is 5.95 Å². The van der Waals surface area contributed by atoms with Crippen LogP contribution in [0.25, 0.3) is 32.9 Å². The normalized spacial score (nSPS) is 13.0. The lowest BCUT2D eigenvalue weighted by molar-refractivity contribution is 0.0993. The molecule has 0 atom stereocenters. The summed E-state index contributed by atoms with van der Waals surface area (Å²) in [7, 11) is 0. The average molecular weight is 423 g/mol. The van der Waals surface area contributed by atoms with E-state index in [2.05, 4.69) is 10.6 Å². The van der Waals surface area contributed by atoms with E-state index in [0.717, 1.165) is 39.4 Å². The molecule has 0 spiro atoms. The van der Waals surface area contributed by atoms with E-state index in [0.29, 0.717) is 17.4 Å². The Balaban J connectivity index is 1.47. The Morgan fingerprint density at radius 3 is 2.23 bits per heavy atom. The molecule has 0 radical (unpaired) electrons. The molecule has 1 aliphatic rings. The molecule has 0 unspecified atom stereocenters. The highest BCUT2D eigenvalue weighted by molar-refractivity contribution is 7.17. The lowest BCUT2D eigenvalue weighted by atomic mass is 10.1. The van der Waals surface area contributed by atoms with E-state index < -0.39 is 0 Å². The fraction of sp³-hybridized carbons (Fsp3) is 0.0800. The summed E-state index contributed by atoms with van der Waals surface area (Å²) in [6.45, 7) is 1.35. The fourth-order valence-electron chi connectivity index (χ4n) is 4.07. The molecule has 1 amide bonds. The number of anilines is 1. The van der Waals surface area contributed by atoms with E-state index in [1.807, 2.05) is 78.9 Å². The van der Waals surface area contributed by atoms with E-state index in [4.69, 9.17) is 9.97 Å². The molecular weight excluding hydrogens is 404 g/mol. The smallest absolute Gasteiger partial charge is 0.273 e. The number of rotatable bonds is 3. The number of hydrogen-bond donors (Lipinski definition) is 0. The molecule has 0 bridgehead atoms. The highest BCUT2D eigenvalue weighted by Crippen LogP contribution is 2.36. The second-order valence-electron chi connectivity index (χ2n) is 7.44. The van der Waals surface area contributed by atoms with E-state index in [1.54, 1.807) is 4.90 Å². The summed E-state index contributed by atoms with van der Waals surface area (Å²) in [5, 5.41) is 0.843. The van der Waals surface area contributed by atoms with Crippen LogP contribution in [-0.4, -0.2) is 27.0 Å². The molecule has 0 aliphatic carbocycles. The van der Waals surface area contributed by atoms with Gasteiger partial charge in [0.05, 0.1) is 16.7 Å². The zero-order valence-corrected chi connectivity index (χ0v) is 17.4. The summed E-state index contributed by atoms with van der Waals surface area (Å²) < 4.78 is 2.12. The van der Waals surface area contributed by atoms with Crippen molar-refractivity contribution in [1.29, 1.82) is 0 Å². The zero-order chi connectivity index (χ0) is 20.8.